The van der Waals surface area contributed by atoms with Gasteiger partial charge in [-0.25, -0.2) is 4.39 Å². The Morgan fingerprint density at radius 2 is 2.35 bits per heavy atom. The molecule has 1 aromatic carbocycles. The van der Waals surface area contributed by atoms with E-state index in [-0.39, 0.29) is 16.7 Å². The van der Waals surface area contributed by atoms with Crippen molar-refractivity contribution in [1.29, 1.82) is 0 Å². The zero-order valence-electron chi connectivity index (χ0n) is 9.43. The van der Waals surface area contributed by atoms with Crippen LogP contribution >= 0.6 is 11.6 Å². The van der Waals surface area contributed by atoms with Crippen molar-refractivity contribution in [3.05, 3.63) is 29.0 Å². The van der Waals surface area contributed by atoms with Gasteiger partial charge in [0.15, 0.2) is 0 Å². The highest BCUT2D eigenvalue weighted by Gasteiger charge is 2.38. The van der Waals surface area contributed by atoms with Crippen LogP contribution in [0.25, 0.3) is 0 Å². The van der Waals surface area contributed by atoms with Crippen molar-refractivity contribution in [2.75, 3.05) is 13.1 Å². The van der Waals surface area contributed by atoms with Crippen LogP contribution in [0.2, 0.25) is 5.02 Å². The van der Waals surface area contributed by atoms with E-state index in [1.165, 1.54) is 12.1 Å². The van der Waals surface area contributed by atoms with Crippen molar-refractivity contribution in [1.82, 2.24) is 5.32 Å². The smallest absolute Gasteiger partial charge is 0.318 e. The summed E-state index contributed by atoms with van der Waals surface area (Å²) in [6.07, 6.45) is 0.724. The first-order valence-corrected chi connectivity index (χ1v) is 5.77. The summed E-state index contributed by atoms with van der Waals surface area (Å²) in [4.78, 5) is 11.9. The van der Waals surface area contributed by atoms with Crippen LogP contribution in [-0.2, 0) is 4.79 Å². The number of esters is 1. The average Bonchev–Trinajstić information content (AvgIpc) is 2.72. The minimum atomic E-state index is -0.591. The molecule has 0 radical (unpaired) electrons. The van der Waals surface area contributed by atoms with Crippen LogP contribution in [0, 0.1) is 11.2 Å². The van der Waals surface area contributed by atoms with Crippen LogP contribution in [-0.4, -0.2) is 19.1 Å². The molecule has 1 fully saturated rings. The summed E-state index contributed by atoms with van der Waals surface area (Å²) < 4.78 is 18.3. The zero-order chi connectivity index (χ0) is 12.5. The molecule has 2 rings (SSSR count). The lowest BCUT2D eigenvalue weighted by Crippen LogP contribution is -2.33. The molecule has 1 heterocycles. The number of benzene rings is 1. The molecule has 1 unspecified atom stereocenters. The first kappa shape index (κ1) is 12.3. The Bertz CT molecular complexity index is 444. The van der Waals surface area contributed by atoms with Gasteiger partial charge in [-0.05, 0) is 32.0 Å². The van der Waals surface area contributed by atoms with E-state index in [1.807, 2.05) is 6.92 Å². The lowest BCUT2D eigenvalue weighted by molar-refractivity contribution is -0.143. The van der Waals surface area contributed by atoms with Gasteiger partial charge in [0, 0.05) is 12.6 Å². The summed E-state index contributed by atoms with van der Waals surface area (Å²) in [5, 5.41) is 3.12. The van der Waals surface area contributed by atoms with Crippen molar-refractivity contribution in [2.24, 2.45) is 5.41 Å². The Hall–Kier alpha value is -1.13. The molecule has 0 spiro atoms. The van der Waals surface area contributed by atoms with Crippen LogP contribution in [0.5, 0.6) is 5.75 Å². The number of carbonyl (C=O) groups is 1. The molecule has 1 N–H and O–H groups in total. The molecule has 1 saturated heterocycles. The lowest BCUT2D eigenvalue weighted by atomic mass is 9.90. The number of halogens is 2. The van der Waals surface area contributed by atoms with E-state index < -0.39 is 11.2 Å². The summed E-state index contributed by atoms with van der Waals surface area (Å²) >= 11 is 5.55. The zero-order valence-corrected chi connectivity index (χ0v) is 10.2. The van der Waals surface area contributed by atoms with E-state index in [0.29, 0.717) is 6.54 Å². The fourth-order valence-electron chi connectivity index (χ4n) is 1.76. The first-order chi connectivity index (χ1) is 8.01. The minimum absolute atomic E-state index is 0.0125. The normalized spacial score (nSPS) is 23.7. The predicted octanol–water partition coefficient (Wildman–Crippen LogP) is 2.38. The average molecular weight is 258 g/mol. The Balaban J connectivity index is 2.10. The van der Waals surface area contributed by atoms with Gasteiger partial charge in [-0.1, -0.05) is 11.6 Å². The Labute approximate surface area is 104 Å². The highest BCUT2D eigenvalue weighted by molar-refractivity contribution is 6.30. The van der Waals surface area contributed by atoms with E-state index in [2.05, 4.69) is 5.32 Å². The van der Waals surface area contributed by atoms with Gasteiger partial charge >= 0.3 is 5.97 Å². The minimum Gasteiger partial charge on any atom is -0.426 e. The molecule has 3 nitrogen and oxygen atoms in total. The highest BCUT2D eigenvalue weighted by atomic mass is 35.5. The number of carbonyl (C=O) groups excluding carboxylic acids is 1. The fourth-order valence-corrected chi connectivity index (χ4v) is 1.88. The summed E-state index contributed by atoms with van der Waals surface area (Å²) in [5.74, 6) is -0.749. The Morgan fingerprint density at radius 3 is 2.94 bits per heavy atom. The van der Waals surface area contributed by atoms with Crippen molar-refractivity contribution in [3.8, 4) is 5.75 Å². The third-order valence-corrected chi connectivity index (χ3v) is 3.27. The summed E-state index contributed by atoms with van der Waals surface area (Å²) in [6, 6.07) is 3.97. The molecule has 1 aliphatic heterocycles. The first-order valence-electron chi connectivity index (χ1n) is 5.39. The molecule has 0 aliphatic carbocycles. The molecule has 17 heavy (non-hydrogen) atoms. The fraction of sp³-hybridized carbons (Fsp3) is 0.417. The van der Waals surface area contributed by atoms with Crippen molar-refractivity contribution in [2.45, 2.75) is 13.3 Å². The van der Waals surface area contributed by atoms with E-state index >= 15 is 0 Å². The van der Waals surface area contributed by atoms with Crippen LogP contribution in [0.1, 0.15) is 13.3 Å². The molecule has 0 amide bonds. The van der Waals surface area contributed by atoms with Crippen LogP contribution in [0.3, 0.4) is 0 Å². The summed E-state index contributed by atoms with van der Waals surface area (Å²) in [7, 11) is 0. The van der Waals surface area contributed by atoms with Crippen LogP contribution in [0.4, 0.5) is 4.39 Å². The second-order valence-electron chi connectivity index (χ2n) is 4.45. The van der Waals surface area contributed by atoms with Gasteiger partial charge in [-0.3, -0.25) is 4.79 Å². The molecular weight excluding hydrogens is 245 g/mol. The van der Waals surface area contributed by atoms with E-state index in [4.69, 9.17) is 16.3 Å². The maximum absolute atomic E-state index is 13.2. The van der Waals surface area contributed by atoms with Gasteiger partial charge in [0.25, 0.3) is 0 Å². The SMILES string of the molecule is CC1(C(=O)Oc2ccc(Cl)c(F)c2)CCNC1. The highest BCUT2D eigenvalue weighted by Crippen LogP contribution is 2.28. The van der Waals surface area contributed by atoms with E-state index in [0.717, 1.165) is 19.0 Å². The third kappa shape index (κ3) is 2.58. The van der Waals surface area contributed by atoms with Gasteiger partial charge < -0.3 is 10.1 Å². The Morgan fingerprint density at radius 1 is 1.59 bits per heavy atom. The molecule has 1 aromatic rings. The maximum Gasteiger partial charge on any atom is 0.318 e. The molecule has 0 aromatic heterocycles. The number of hydrogen-bond donors (Lipinski definition) is 1. The van der Waals surface area contributed by atoms with E-state index in [9.17, 15) is 9.18 Å². The van der Waals surface area contributed by atoms with Gasteiger partial charge in [-0.2, -0.15) is 0 Å². The van der Waals surface area contributed by atoms with Gasteiger partial charge in [0.2, 0.25) is 0 Å². The number of ether oxygens (including phenoxy) is 1. The largest absolute Gasteiger partial charge is 0.426 e. The second kappa shape index (κ2) is 4.63. The molecular formula is C12H13ClFNO2. The molecule has 0 saturated carbocycles. The molecule has 92 valence electrons. The Kier molecular flexibility index (Phi) is 3.35. The molecule has 1 aliphatic rings. The third-order valence-electron chi connectivity index (χ3n) is 2.96. The summed E-state index contributed by atoms with van der Waals surface area (Å²) in [5.41, 5.74) is -0.532. The van der Waals surface area contributed by atoms with E-state index in [1.54, 1.807) is 0 Å². The topological polar surface area (TPSA) is 38.3 Å². The molecule has 5 heteroatoms. The standard InChI is InChI=1S/C12H13ClFNO2/c1-12(4-5-15-7-12)11(16)17-8-2-3-9(13)10(14)6-8/h2-3,6,15H,4-5,7H2,1H3. The quantitative estimate of drug-likeness (QED) is 0.653. The lowest BCUT2D eigenvalue weighted by Gasteiger charge is -2.20. The second-order valence-corrected chi connectivity index (χ2v) is 4.86. The maximum atomic E-state index is 13.2. The van der Waals surface area contributed by atoms with Gasteiger partial charge in [0.1, 0.15) is 11.6 Å². The predicted molar refractivity (Wildman–Crippen MR) is 62.6 cm³/mol. The van der Waals surface area contributed by atoms with Crippen LogP contribution < -0.4 is 10.1 Å². The van der Waals surface area contributed by atoms with Crippen molar-refractivity contribution >= 4 is 17.6 Å². The molecule has 1 atom stereocenters. The van der Waals surface area contributed by atoms with Crippen molar-refractivity contribution < 1.29 is 13.9 Å². The van der Waals surface area contributed by atoms with Crippen molar-refractivity contribution in [3.63, 3.8) is 0 Å². The van der Waals surface area contributed by atoms with Crippen LogP contribution in [0.15, 0.2) is 18.2 Å². The number of hydrogen-bond acceptors (Lipinski definition) is 3. The number of nitrogens with one attached hydrogen (secondary N) is 1. The summed E-state index contributed by atoms with van der Waals surface area (Å²) in [6.45, 7) is 3.21. The number of rotatable bonds is 2. The van der Waals surface area contributed by atoms with Gasteiger partial charge in [0.05, 0.1) is 10.4 Å². The van der Waals surface area contributed by atoms with Gasteiger partial charge in [-0.15, -0.1) is 0 Å². The molecule has 0 bridgehead atoms. The monoisotopic (exact) mass is 257 g/mol.